The van der Waals surface area contributed by atoms with Gasteiger partial charge in [-0.25, -0.2) is 9.18 Å². The zero-order valence-corrected chi connectivity index (χ0v) is 14.4. The van der Waals surface area contributed by atoms with Crippen molar-refractivity contribution in [3.63, 3.8) is 0 Å². The largest absolute Gasteiger partial charge is 0.456 e. The second-order valence-corrected chi connectivity index (χ2v) is 7.10. The van der Waals surface area contributed by atoms with E-state index in [0.717, 1.165) is 4.88 Å². The van der Waals surface area contributed by atoms with Crippen molar-refractivity contribution in [2.24, 2.45) is 0 Å². The zero-order chi connectivity index (χ0) is 16.9. The van der Waals surface area contributed by atoms with Gasteiger partial charge in [0, 0.05) is 4.88 Å². The summed E-state index contributed by atoms with van der Waals surface area (Å²) >= 11 is 6.71. The lowest BCUT2D eigenvalue weighted by Gasteiger charge is -2.20. The Balaban J connectivity index is 2.79. The normalized spacial score (nSPS) is 11.1. The van der Waals surface area contributed by atoms with Gasteiger partial charge < -0.3 is 9.64 Å². The lowest BCUT2D eigenvalue weighted by atomic mass is 10.2. The molecule has 0 spiro atoms. The Labute approximate surface area is 138 Å². The van der Waals surface area contributed by atoms with Gasteiger partial charge in [-0.2, -0.15) is 0 Å². The van der Waals surface area contributed by atoms with Gasteiger partial charge in [0.25, 0.3) is 0 Å². The summed E-state index contributed by atoms with van der Waals surface area (Å²) in [6.45, 7) is 8.46. The number of amides is 1. The Bertz CT molecular complexity index is 565. The third-order valence-corrected chi connectivity index (χ3v) is 3.72. The molecular weight excluding hydrogens is 329 g/mol. The van der Waals surface area contributed by atoms with E-state index in [0.29, 0.717) is 4.88 Å². The average molecular weight is 348 g/mol. The quantitative estimate of drug-likeness (QED) is 0.581. The molecule has 1 heterocycles. The fraction of sp³-hybridized carbons (Fsp3) is 0.467. The summed E-state index contributed by atoms with van der Waals surface area (Å²) in [5.74, 6) is -1.68. The Morgan fingerprint density at radius 3 is 2.55 bits per heavy atom. The van der Waals surface area contributed by atoms with Crippen molar-refractivity contribution >= 4 is 34.8 Å². The molecule has 0 fully saturated rings. The summed E-state index contributed by atoms with van der Waals surface area (Å²) in [7, 11) is 0. The Morgan fingerprint density at radius 1 is 1.41 bits per heavy atom. The Morgan fingerprint density at radius 2 is 2.05 bits per heavy atom. The van der Waals surface area contributed by atoms with Gasteiger partial charge in [0.05, 0.1) is 13.1 Å². The molecule has 0 saturated heterocycles. The summed E-state index contributed by atoms with van der Waals surface area (Å²) in [6.07, 6.45) is 0. The predicted molar refractivity (Wildman–Crippen MR) is 85.9 cm³/mol. The van der Waals surface area contributed by atoms with Crippen molar-refractivity contribution in [3.05, 3.63) is 34.3 Å². The van der Waals surface area contributed by atoms with Crippen LogP contribution >= 0.6 is 22.9 Å². The van der Waals surface area contributed by atoms with Crippen molar-refractivity contribution in [3.8, 4) is 0 Å². The fourth-order valence-corrected chi connectivity index (χ4v) is 2.68. The molecule has 1 aromatic rings. The molecule has 22 heavy (non-hydrogen) atoms. The number of thiophene rings is 1. The molecule has 1 aromatic heterocycles. The Kier molecular flexibility index (Phi) is 6.56. The van der Waals surface area contributed by atoms with Crippen LogP contribution < -0.4 is 0 Å². The number of carbonyl (C=O) groups excluding carboxylic acids is 2. The average Bonchev–Trinajstić information content (AvgIpc) is 2.83. The molecule has 0 radical (unpaired) electrons. The molecule has 0 aliphatic heterocycles. The van der Waals surface area contributed by atoms with Crippen LogP contribution in [0.15, 0.2) is 24.5 Å². The second kappa shape index (κ2) is 7.74. The molecule has 122 valence electrons. The van der Waals surface area contributed by atoms with Crippen LogP contribution in [0.2, 0.25) is 0 Å². The van der Waals surface area contributed by atoms with E-state index < -0.39 is 23.3 Å². The molecule has 1 rings (SSSR count). The molecule has 0 saturated carbocycles. The maximum atomic E-state index is 13.0. The van der Waals surface area contributed by atoms with Gasteiger partial charge in [-0.3, -0.25) is 4.79 Å². The Hall–Kier alpha value is -1.40. The standard InChI is InChI=1S/C15H19ClFNO3S/c1-10(17)8-18(13(19)7-16)9-11-5-6-12(22-11)14(20)21-15(2,3)4/h5-6H,1,7-9H2,2-4H3. The van der Waals surface area contributed by atoms with Crippen molar-refractivity contribution < 1.29 is 18.7 Å². The molecule has 4 nitrogen and oxygen atoms in total. The van der Waals surface area contributed by atoms with Gasteiger partial charge in [0.15, 0.2) is 0 Å². The van der Waals surface area contributed by atoms with E-state index in [2.05, 4.69) is 6.58 Å². The topological polar surface area (TPSA) is 46.6 Å². The van der Waals surface area contributed by atoms with Crippen LogP contribution in [0.4, 0.5) is 4.39 Å². The maximum absolute atomic E-state index is 13.0. The lowest BCUT2D eigenvalue weighted by molar-refractivity contribution is -0.128. The third kappa shape index (κ3) is 6.15. The second-order valence-electron chi connectivity index (χ2n) is 5.67. The lowest BCUT2D eigenvalue weighted by Crippen LogP contribution is -2.32. The minimum Gasteiger partial charge on any atom is -0.456 e. The molecule has 0 unspecified atom stereocenters. The van der Waals surface area contributed by atoms with Crippen LogP contribution in [0, 0.1) is 0 Å². The highest BCUT2D eigenvalue weighted by Gasteiger charge is 2.20. The van der Waals surface area contributed by atoms with Crippen molar-refractivity contribution in [2.45, 2.75) is 32.9 Å². The van der Waals surface area contributed by atoms with Gasteiger partial charge in [0.1, 0.15) is 22.2 Å². The van der Waals surface area contributed by atoms with Crippen LogP contribution in [-0.4, -0.2) is 34.8 Å². The molecule has 0 aliphatic rings. The van der Waals surface area contributed by atoms with Crippen LogP contribution in [0.3, 0.4) is 0 Å². The van der Waals surface area contributed by atoms with E-state index in [1.807, 2.05) is 0 Å². The minimum absolute atomic E-state index is 0.169. The molecule has 0 bridgehead atoms. The molecule has 0 aliphatic carbocycles. The van der Waals surface area contributed by atoms with E-state index in [1.54, 1.807) is 32.9 Å². The van der Waals surface area contributed by atoms with E-state index in [-0.39, 0.29) is 19.0 Å². The fourth-order valence-electron chi connectivity index (χ4n) is 1.61. The number of alkyl halides is 1. The molecule has 1 amide bonds. The summed E-state index contributed by atoms with van der Waals surface area (Å²) in [4.78, 5) is 26.0. The third-order valence-electron chi connectivity index (χ3n) is 2.44. The molecule has 0 N–H and O–H groups in total. The maximum Gasteiger partial charge on any atom is 0.348 e. The SMILES string of the molecule is C=C(F)CN(Cc1ccc(C(=O)OC(C)(C)C)s1)C(=O)CCl. The summed E-state index contributed by atoms with van der Waals surface area (Å²) in [5, 5.41) is 0. The number of hydrogen-bond acceptors (Lipinski definition) is 4. The molecule has 0 aromatic carbocycles. The van der Waals surface area contributed by atoms with Crippen LogP contribution in [0.1, 0.15) is 35.3 Å². The van der Waals surface area contributed by atoms with Crippen LogP contribution in [0.5, 0.6) is 0 Å². The first kappa shape index (κ1) is 18.6. The predicted octanol–water partition coefficient (Wildman–Crippen LogP) is 3.75. The summed E-state index contributed by atoms with van der Waals surface area (Å²) in [5.41, 5.74) is -0.576. The van der Waals surface area contributed by atoms with Crippen molar-refractivity contribution in [1.29, 1.82) is 0 Å². The molecular formula is C15H19ClFNO3S. The number of halogens is 2. The summed E-state index contributed by atoms with van der Waals surface area (Å²) in [6, 6.07) is 3.33. The van der Waals surface area contributed by atoms with E-state index >= 15 is 0 Å². The number of rotatable bonds is 6. The smallest absolute Gasteiger partial charge is 0.348 e. The highest BCUT2D eigenvalue weighted by atomic mass is 35.5. The molecule has 7 heteroatoms. The van der Waals surface area contributed by atoms with Crippen LogP contribution in [-0.2, 0) is 16.1 Å². The monoisotopic (exact) mass is 347 g/mol. The number of hydrogen-bond donors (Lipinski definition) is 0. The van der Waals surface area contributed by atoms with Crippen molar-refractivity contribution in [1.82, 2.24) is 4.90 Å². The van der Waals surface area contributed by atoms with Gasteiger partial charge in [-0.1, -0.05) is 6.58 Å². The zero-order valence-electron chi connectivity index (χ0n) is 12.8. The van der Waals surface area contributed by atoms with E-state index in [9.17, 15) is 14.0 Å². The number of nitrogens with zero attached hydrogens (tertiary/aromatic N) is 1. The van der Waals surface area contributed by atoms with Gasteiger partial charge in [-0.05, 0) is 32.9 Å². The van der Waals surface area contributed by atoms with E-state index in [4.69, 9.17) is 16.3 Å². The van der Waals surface area contributed by atoms with Crippen molar-refractivity contribution in [2.75, 3.05) is 12.4 Å². The number of ether oxygens (including phenoxy) is 1. The minimum atomic E-state index is -0.623. The van der Waals surface area contributed by atoms with Crippen LogP contribution in [0.25, 0.3) is 0 Å². The highest BCUT2D eigenvalue weighted by molar-refractivity contribution is 7.13. The number of esters is 1. The van der Waals surface area contributed by atoms with Gasteiger partial charge in [-0.15, -0.1) is 22.9 Å². The first-order chi connectivity index (χ1) is 10.1. The highest BCUT2D eigenvalue weighted by Crippen LogP contribution is 2.22. The van der Waals surface area contributed by atoms with Gasteiger partial charge >= 0.3 is 5.97 Å². The first-order valence-electron chi connectivity index (χ1n) is 6.61. The van der Waals surface area contributed by atoms with E-state index in [1.165, 1.54) is 16.2 Å². The summed E-state index contributed by atoms with van der Waals surface area (Å²) < 4.78 is 18.2. The molecule has 0 atom stereocenters. The first-order valence-corrected chi connectivity index (χ1v) is 7.96. The van der Waals surface area contributed by atoms with Gasteiger partial charge in [0.2, 0.25) is 5.91 Å². The number of carbonyl (C=O) groups is 2.